The van der Waals surface area contributed by atoms with Crippen molar-refractivity contribution in [2.24, 2.45) is 0 Å². The van der Waals surface area contributed by atoms with Gasteiger partial charge in [0.05, 0.1) is 16.9 Å². The maximum absolute atomic E-state index is 11.4. The molecule has 0 amide bonds. The van der Waals surface area contributed by atoms with Crippen molar-refractivity contribution in [1.29, 1.82) is 0 Å². The molecule has 4 aromatic rings. The van der Waals surface area contributed by atoms with Gasteiger partial charge >= 0.3 is 5.97 Å². The Kier molecular flexibility index (Phi) is 6.02. The van der Waals surface area contributed by atoms with Crippen molar-refractivity contribution in [3.8, 4) is 16.9 Å². The molecule has 1 unspecified atom stereocenters. The number of rotatable bonds is 7. The minimum Gasteiger partial charge on any atom is -0.755 e. The van der Waals surface area contributed by atoms with Crippen LogP contribution in [0.5, 0.6) is 0 Å². The molecular formula is C23H19N4O4S-. The minimum atomic E-state index is -2.39. The molecule has 32 heavy (non-hydrogen) atoms. The number of hydrogen-bond donors (Lipinski definition) is 3. The Balaban J connectivity index is 1.78. The van der Waals surface area contributed by atoms with Crippen molar-refractivity contribution in [2.45, 2.75) is 6.42 Å². The fraction of sp³-hybridized carbons (Fsp3) is 0.0435. The number of aromatic carboxylic acids is 1. The van der Waals surface area contributed by atoms with Gasteiger partial charge in [-0.3, -0.25) is 4.21 Å². The van der Waals surface area contributed by atoms with E-state index in [9.17, 15) is 18.7 Å². The normalized spacial score (nSPS) is 11.8. The van der Waals surface area contributed by atoms with E-state index >= 15 is 0 Å². The van der Waals surface area contributed by atoms with Crippen molar-refractivity contribution < 1.29 is 18.7 Å². The lowest BCUT2D eigenvalue weighted by molar-refractivity contribution is 0.0697. The molecule has 8 nitrogen and oxygen atoms in total. The summed E-state index contributed by atoms with van der Waals surface area (Å²) in [5.41, 5.74) is 10.9. The summed E-state index contributed by atoms with van der Waals surface area (Å²) in [5, 5.41) is 14.0. The maximum atomic E-state index is 11.4. The number of anilines is 2. The molecule has 0 aliphatic heterocycles. The van der Waals surface area contributed by atoms with Gasteiger partial charge in [-0.25, -0.2) is 9.48 Å². The van der Waals surface area contributed by atoms with E-state index in [0.717, 1.165) is 16.7 Å². The molecule has 1 heterocycles. The van der Waals surface area contributed by atoms with Gasteiger partial charge in [0.15, 0.2) is 0 Å². The van der Waals surface area contributed by atoms with Gasteiger partial charge in [-0.1, -0.05) is 48.5 Å². The van der Waals surface area contributed by atoms with E-state index < -0.39 is 17.2 Å². The first kappa shape index (κ1) is 21.3. The summed E-state index contributed by atoms with van der Waals surface area (Å²) in [7, 11) is 0. The van der Waals surface area contributed by atoms with Gasteiger partial charge in [-0.15, -0.1) is 0 Å². The van der Waals surface area contributed by atoms with E-state index in [-0.39, 0.29) is 5.56 Å². The largest absolute Gasteiger partial charge is 0.755 e. The molecule has 1 aromatic heterocycles. The zero-order valence-electron chi connectivity index (χ0n) is 16.8. The number of nitrogens with two attached hydrogens (primary N) is 1. The number of carbonyl (C=O) groups is 1. The molecule has 0 aliphatic carbocycles. The topological polar surface area (TPSA) is 133 Å². The molecule has 1 atom stereocenters. The third kappa shape index (κ3) is 4.53. The smallest absolute Gasteiger partial charge is 0.335 e. The Morgan fingerprint density at radius 1 is 1.06 bits per heavy atom. The summed E-state index contributed by atoms with van der Waals surface area (Å²) in [6.07, 6.45) is 0.454. The number of nitrogens with zero attached hydrogens (tertiary/aromatic N) is 2. The van der Waals surface area contributed by atoms with Crippen LogP contribution in [0, 0.1) is 0 Å². The van der Waals surface area contributed by atoms with Crippen LogP contribution in [-0.2, 0) is 17.7 Å². The Labute approximate surface area is 186 Å². The summed E-state index contributed by atoms with van der Waals surface area (Å²) in [6, 6.07) is 23.0. The van der Waals surface area contributed by atoms with Gasteiger partial charge in [0.25, 0.3) is 0 Å². The molecule has 0 radical (unpaired) electrons. The monoisotopic (exact) mass is 447 g/mol. The fourth-order valence-electron chi connectivity index (χ4n) is 3.42. The van der Waals surface area contributed by atoms with Crippen LogP contribution < -0.4 is 10.5 Å². The highest BCUT2D eigenvalue weighted by molar-refractivity contribution is 7.80. The van der Waals surface area contributed by atoms with Gasteiger partial charge < -0.3 is 20.1 Å². The molecule has 0 bridgehead atoms. The predicted molar refractivity (Wildman–Crippen MR) is 122 cm³/mol. The first-order chi connectivity index (χ1) is 15.4. The summed E-state index contributed by atoms with van der Waals surface area (Å²) in [4.78, 5) is 11.4. The van der Waals surface area contributed by atoms with Gasteiger partial charge in [0.1, 0.15) is 5.82 Å². The summed E-state index contributed by atoms with van der Waals surface area (Å²) < 4.78 is 25.5. The quantitative estimate of drug-likeness (QED) is 0.371. The zero-order chi connectivity index (χ0) is 22.7. The first-order valence-electron chi connectivity index (χ1n) is 9.64. The van der Waals surface area contributed by atoms with Crippen LogP contribution in [0.3, 0.4) is 0 Å². The Bertz CT molecular complexity index is 1290. The second-order valence-corrected chi connectivity index (χ2v) is 7.73. The second-order valence-electron chi connectivity index (χ2n) is 7.06. The maximum Gasteiger partial charge on any atom is 0.335 e. The molecular weight excluding hydrogens is 428 g/mol. The average Bonchev–Trinajstić information content (AvgIpc) is 3.11. The minimum absolute atomic E-state index is 0.138. The van der Waals surface area contributed by atoms with Crippen LogP contribution in [0.15, 0.2) is 78.9 Å². The van der Waals surface area contributed by atoms with Crippen molar-refractivity contribution in [1.82, 2.24) is 9.78 Å². The number of nitrogen functional groups attached to an aromatic ring is 1. The van der Waals surface area contributed by atoms with Crippen LogP contribution in [-0.4, -0.2) is 29.6 Å². The number of hydrogen-bond acceptors (Lipinski definition) is 5. The Morgan fingerprint density at radius 2 is 1.78 bits per heavy atom. The first-order valence-corrected chi connectivity index (χ1v) is 10.7. The van der Waals surface area contributed by atoms with E-state index in [1.165, 1.54) is 12.1 Å². The Hall–Kier alpha value is -3.95. The SMILES string of the molecule is Nc1c(Cc2ccc(NS(=O)[O-])cc2)c(-c2ccccc2)nn1-c1cccc(C(=O)O)c1. The lowest BCUT2D eigenvalue weighted by atomic mass is 10.0. The molecule has 0 saturated carbocycles. The van der Waals surface area contributed by atoms with Crippen molar-refractivity contribution in [2.75, 3.05) is 10.5 Å². The molecule has 4 rings (SSSR count). The van der Waals surface area contributed by atoms with E-state index in [4.69, 9.17) is 10.8 Å². The third-order valence-corrected chi connectivity index (χ3v) is 5.35. The third-order valence-electron chi connectivity index (χ3n) is 4.94. The van der Waals surface area contributed by atoms with Crippen molar-refractivity contribution in [3.63, 3.8) is 0 Å². The molecule has 0 aliphatic rings. The average molecular weight is 447 g/mol. The fourth-order valence-corrected chi connectivity index (χ4v) is 3.75. The van der Waals surface area contributed by atoms with Gasteiger partial charge in [-0.2, -0.15) is 5.10 Å². The van der Waals surface area contributed by atoms with E-state index in [1.54, 1.807) is 28.9 Å². The molecule has 0 saturated heterocycles. The predicted octanol–water partition coefficient (Wildman–Crippen LogP) is 3.62. The molecule has 162 valence electrons. The van der Waals surface area contributed by atoms with Gasteiger partial charge in [0, 0.05) is 34.5 Å². The van der Waals surface area contributed by atoms with Crippen LogP contribution in [0.4, 0.5) is 11.5 Å². The van der Waals surface area contributed by atoms with Gasteiger partial charge in [0.2, 0.25) is 0 Å². The zero-order valence-corrected chi connectivity index (χ0v) is 17.6. The van der Waals surface area contributed by atoms with Crippen LogP contribution in [0.25, 0.3) is 16.9 Å². The standard InChI is InChI=1S/C23H20N4O4S/c24-22-20(13-15-9-11-18(12-10-15)26-32(30)31)21(16-5-2-1-3-6-16)25-27(22)19-8-4-7-17(14-19)23(28)29/h1-12,14,26H,13,24H2,(H,28,29)(H,30,31)/p-1. The number of benzene rings is 3. The van der Waals surface area contributed by atoms with E-state index in [0.29, 0.717) is 29.3 Å². The highest BCUT2D eigenvalue weighted by Crippen LogP contribution is 2.31. The van der Waals surface area contributed by atoms with Crippen LogP contribution in [0.1, 0.15) is 21.5 Å². The van der Waals surface area contributed by atoms with Crippen molar-refractivity contribution >= 4 is 28.7 Å². The van der Waals surface area contributed by atoms with Crippen molar-refractivity contribution in [3.05, 3.63) is 95.6 Å². The van der Waals surface area contributed by atoms with Crippen LogP contribution >= 0.6 is 0 Å². The summed E-state index contributed by atoms with van der Waals surface area (Å²) >= 11 is -2.39. The Morgan fingerprint density at radius 3 is 2.44 bits per heavy atom. The molecule has 4 N–H and O–H groups in total. The van der Waals surface area contributed by atoms with Crippen LogP contribution in [0.2, 0.25) is 0 Å². The second kappa shape index (κ2) is 9.04. The molecule has 9 heteroatoms. The number of carboxylic acid groups (broad SMARTS) is 1. The number of nitrogens with one attached hydrogen (secondary N) is 1. The number of carboxylic acids is 1. The molecule has 0 fully saturated rings. The summed E-state index contributed by atoms with van der Waals surface area (Å²) in [6.45, 7) is 0. The van der Waals surface area contributed by atoms with E-state index in [1.807, 2.05) is 42.5 Å². The van der Waals surface area contributed by atoms with E-state index in [2.05, 4.69) is 4.72 Å². The molecule has 3 aromatic carbocycles. The number of aromatic nitrogens is 2. The lowest BCUT2D eigenvalue weighted by Gasteiger charge is -2.10. The summed E-state index contributed by atoms with van der Waals surface area (Å²) in [5.74, 6) is -0.636. The highest BCUT2D eigenvalue weighted by atomic mass is 32.2. The molecule has 0 spiro atoms. The van der Waals surface area contributed by atoms with Gasteiger partial charge in [-0.05, 0) is 35.9 Å². The lowest BCUT2D eigenvalue weighted by Crippen LogP contribution is -2.05. The highest BCUT2D eigenvalue weighted by Gasteiger charge is 2.19.